The van der Waals surface area contributed by atoms with Gasteiger partial charge >= 0.3 is 0 Å². The number of hydrogen-bond acceptors (Lipinski definition) is 3. The van der Waals surface area contributed by atoms with E-state index in [1.807, 2.05) is 37.1 Å². The SMILES string of the molecule is Cc1cc(CCl)nc(N(C)c2ccccc2C)n1. The average molecular weight is 262 g/mol. The molecule has 2 aromatic rings. The number of alkyl halides is 1. The van der Waals surface area contributed by atoms with Gasteiger partial charge in [0.2, 0.25) is 5.95 Å². The molecule has 0 aliphatic rings. The molecule has 0 bridgehead atoms. The number of aromatic nitrogens is 2. The first-order chi connectivity index (χ1) is 8.61. The highest BCUT2D eigenvalue weighted by Gasteiger charge is 2.10. The lowest BCUT2D eigenvalue weighted by Crippen LogP contribution is -2.15. The normalized spacial score (nSPS) is 10.4. The second-order valence-corrected chi connectivity index (χ2v) is 4.55. The number of anilines is 2. The lowest BCUT2D eigenvalue weighted by molar-refractivity contribution is 0.976. The first kappa shape index (κ1) is 12.8. The van der Waals surface area contributed by atoms with Crippen molar-refractivity contribution in [2.75, 3.05) is 11.9 Å². The number of halogens is 1. The first-order valence-electron chi connectivity index (χ1n) is 5.81. The predicted molar refractivity (Wildman–Crippen MR) is 75.6 cm³/mol. The summed E-state index contributed by atoms with van der Waals surface area (Å²) >= 11 is 5.84. The highest BCUT2D eigenvalue weighted by Crippen LogP contribution is 2.24. The van der Waals surface area contributed by atoms with Gasteiger partial charge in [0.25, 0.3) is 0 Å². The van der Waals surface area contributed by atoms with E-state index in [2.05, 4.69) is 29.0 Å². The molecule has 0 radical (unpaired) electrons. The van der Waals surface area contributed by atoms with Crippen molar-refractivity contribution in [2.45, 2.75) is 19.7 Å². The van der Waals surface area contributed by atoms with Gasteiger partial charge in [0.15, 0.2) is 0 Å². The summed E-state index contributed by atoms with van der Waals surface area (Å²) in [6, 6.07) is 10.1. The molecule has 0 saturated heterocycles. The molecule has 2 rings (SSSR count). The Balaban J connectivity index is 2.43. The van der Waals surface area contributed by atoms with Crippen LogP contribution in [-0.4, -0.2) is 17.0 Å². The molecule has 1 aromatic carbocycles. The second-order valence-electron chi connectivity index (χ2n) is 4.28. The Morgan fingerprint density at radius 1 is 1.17 bits per heavy atom. The smallest absolute Gasteiger partial charge is 0.230 e. The molecule has 1 aromatic heterocycles. The Hall–Kier alpha value is -1.61. The minimum absolute atomic E-state index is 0.401. The Morgan fingerprint density at radius 3 is 2.56 bits per heavy atom. The van der Waals surface area contributed by atoms with Crippen molar-refractivity contribution in [3.63, 3.8) is 0 Å². The van der Waals surface area contributed by atoms with Crippen LogP contribution < -0.4 is 4.90 Å². The lowest BCUT2D eigenvalue weighted by atomic mass is 10.2. The van der Waals surface area contributed by atoms with Crippen molar-refractivity contribution in [3.05, 3.63) is 47.3 Å². The van der Waals surface area contributed by atoms with E-state index in [1.165, 1.54) is 5.56 Å². The molecule has 4 heteroatoms. The molecular weight excluding hydrogens is 246 g/mol. The van der Waals surface area contributed by atoms with Crippen molar-refractivity contribution >= 4 is 23.2 Å². The number of nitrogens with zero attached hydrogens (tertiary/aromatic N) is 3. The summed E-state index contributed by atoms with van der Waals surface area (Å²) in [6.07, 6.45) is 0. The van der Waals surface area contributed by atoms with Crippen molar-refractivity contribution < 1.29 is 0 Å². The van der Waals surface area contributed by atoms with E-state index >= 15 is 0 Å². The topological polar surface area (TPSA) is 29.0 Å². The van der Waals surface area contributed by atoms with Crippen molar-refractivity contribution in [3.8, 4) is 0 Å². The van der Waals surface area contributed by atoms with E-state index in [1.54, 1.807) is 0 Å². The van der Waals surface area contributed by atoms with E-state index in [-0.39, 0.29) is 0 Å². The summed E-state index contributed by atoms with van der Waals surface area (Å²) < 4.78 is 0. The predicted octanol–water partition coefficient (Wildman–Crippen LogP) is 3.60. The van der Waals surface area contributed by atoms with Gasteiger partial charge in [-0.1, -0.05) is 18.2 Å². The van der Waals surface area contributed by atoms with Crippen molar-refractivity contribution in [2.24, 2.45) is 0 Å². The van der Waals surface area contributed by atoms with Gasteiger partial charge in [0.05, 0.1) is 11.6 Å². The van der Waals surface area contributed by atoms with Gasteiger partial charge in [-0.05, 0) is 31.5 Å². The Labute approximate surface area is 112 Å². The fraction of sp³-hybridized carbons (Fsp3) is 0.286. The van der Waals surface area contributed by atoms with Gasteiger partial charge in [0, 0.05) is 18.4 Å². The molecule has 0 unspecified atom stereocenters. The standard InChI is InChI=1S/C14H16ClN3/c1-10-6-4-5-7-13(10)18(3)14-16-11(2)8-12(9-15)17-14/h4-8H,9H2,1-3H3. The number of hydrogen-bond donors (Lipinski definition) is 0. The Morgan fingerprint density at radius 2 is 1.89 bits per heavy atom. The van der Waals surface area contributed by atoms with Crippen LogP contribution in [0.25, 0.3) is 0 Å². The molecule has 94 valence electrons. The van der Waals surface area contributed by atoms with Crippen LogP contribution in [0.4, 0.5) is 11.6 Å². The van der Waals surface area contributed by atoms with Crippen LogP contribution in [0, 0.1) is 13.8 Å². The van der Waals surface area contributed by atoms with E-state index in [9.17, 15) is 0 Å². The van der Waals surface area contributed by atoms with Crippen LogP contribution in [0.15, 0.2) is 30.3 Å². The molecule has 0 fully saturated rings. The molecule has 0 aliphatic carbocycles. The summed E-state index contributed by atoms with van der Waals surface area (Å²) in [7, 11) is 1.97. The monoisotopic (exact) mass is 261 g/mol. The fourth-order valence-electron chi connectivity index (χ4n) is 1.88. The second kappa shape index (κ2) is 5.36. The summed E-state index contributed by atoms with van der Waals surface area (Å²) in [5.41, 5.74) is 4.07. The quantitative estimate of drug-likeness (QED) is 0.791. The molecule has 0 N–H and O–H groups in total. The summed E-state index contributed by atoms with van der Waals surface area (Å²) in [5, 5.41) is 0. The molecule has 0 aliphatic heterocycles. The maximum atomic E-state index is 5.84. The molecule has 0 saturated carbocycles. The minimum Gasteiger partial charge on any atom is -0.313 e. The van der Waals surface area contributed by atoms with Crippen LogP contribution in [0.5, 0.6) is 0 Å². The highest BCUT2D eigenvalue weighted by atomic mass is 35.5. The third-order valence-corrected chi connectivity index (χ3v) is 3.08. The van der Waals surface area contributed by atoms with Crippen LogP contribution in [-0.2, 0) is 5.88 Å². The summed E-state index contributed by atoms with van der Waals surface area (Å²) in [6.45, 7) is 4.02. The zero-order valence-corrected chi connectivity index (χ0v) is 11.6. The maximum absolute atomic E-state index is 5.84. The van der Waals surface area contributed by atoms with E-state index in [4.69, 9.17) is 11.6 Å². The van der Waals surface area contributed by atoms with Crippen molar-refractivity contribution in [1.29, 1.82) is 0 Å². The summed E-state index contributed by atoms with van der Waals surface area (Å²) in [4.78, 5) is 10.9. The van der Waals surface area contributed by atoms with E-state index in [0.29, 0.717) is 11.8 Å². The minimum atomic E-state index is 0.401. The van der Waals surface area contributed by atoms with Gasteiger partial charge in [-0.25, -0.2) is 9.97 Å². The number of rotatable bonds is 3. The molecule has 3 nitrogen and oxygen atoms in total. The molecule has 0 amide bonds. The van der Waals surface area contributed by atoms with E-state index in [0.717, 1.165) is 17.1 Å². The highest BCUT2D eigenvalue weighted by molar-refractivity contribution is 6.16. The van der Waals surface area contributed by atoms with Gasteiger partial charge in [-0.3, -0.25) is 0 Å². The third kappa shape index (κ3) is 2.62. The molecule has 18 heavy (non-hydrogen) atoms. The Kier molecular flexibility index (Phi) is 3.82. The summed E-state index contributed by atoms with van der Waals surface area (Å²) in [5.74, 6) is 1.08. The first-order valence-corrected chi connectivity index (χ1v) is 6.35. The number of para-hydroxylation sites is 1. The van der Waals surface area contributed by atoms with Crippen LogP contribution in [0.3, 0.4) is 0 Å². The zero-order chi connectivity index (χ0) is 13.1. The molecular formula is C14H16ClN3. The number of aryl methyl sites for hydroxylation is 2. The van der Waals surface area contributed by atoms with Crippen molar-refractivity contribution in [1.82, 2.24) is 9.97 Å². The Bertz CT molecular complexity index is 554. The van der Waals surface area contributed by atoms with Gasteiger partial charge in [0.1, 0.15) is 0 Å². The average Bonchev–Trinajstić information content (AvgIpc) is 2.37. The third-order valence-electron chi connectivity index (χ3n) is 2.81. The van der Waals surface area contributed by atoms with Crippen LogP contribution in [0.1, 0.15) is 17.0 Å². The molecule has 0 spiro atoms. The zero-order valence-electron chi connectivity index (χ0n) is 10.8. The van der Waals surface area contributed by atoms with Crippen LogP contribution >= 0.6 is 11.6 Å². The van der Waals surface area contributed by atoms with Gasteiger partial charge in [-0.2, -0.15) is 0 Å². The molecule has 1 heterocycles. The largest absolute Gasteiger partial charge is 0.313 e. The van der Waals surface area contributed by atoms with Gasteiger partial charge < -0.3 is 4.90 Å². The van der Waals surface area contributed by atoms with E-state index < -0.39 is 0 Å². The fourth-order valence-corrected chi connectivity index (χ4v) is 2.02. The lowest BCUT2D eigenvalue weighted by Gasteiger charge is -2.20. The van der Waals surface area contributed by atoms with Crippen LogP contribution in [0.2, 0.25) is 0 Å². The maximum Gasteiger partial charge on any atom is 0.230 e. The number of benzene rings is 1. The molecule has 0 atom stereocenters. The van der Waals surface area contributed by atoms with Gasteiger partial charge in [-0.15, -0.1) is 11.6 Å².